The van der Waals surface area contributed by atoms with Crippen LogP contribution in [0.4, 0.5) is 18.0 Å². The maximum absolute atomic E-state index is 10.8. The topological polar surface area (TPSA) is 96.0 Å². The van der Waals surface area contributed by atoms with Crippen LogP contribution in [-0.2, 0) is 4.79 Å². The molecule has 20 heavy (non-hydrogen) atoms. The van der Waals surface area contributed by atoms with Crippen LogP contribution in [0.1, 0.15) is 0 Å². The second-order valence-corrected chi connectivity index (χ2v) is 3.60. The van der Waals surface area contributed by atoms with Crippen molar-refractivity contribution in [3.05, 3.63) is 34.8 Å². The van der Waals surface area contributed by atoms with E-state index >= 15 is 0 Å². The van der Waals surface area contributed by atoms with Gasteiger partial charge in [0.15, 0.2) is 0 Å². The molecule has 0 atom stereocenters. The molecule has 0 saturated carbocycles. The van der Waals surface area contributed by atoms with Crippen LogP contribution in [0, 0.1) is 0 Å². The molecule has 1 aliphatic heterocycles. The number of halogens is 3. The number of nitrogens with zero attached hydrogens (tertiary/aromatic N) is 2. The predicted molar refractivity (Wildman–Crippen MR) is 61.7 cm³/mol. The van der Waals surface area contributed by atoms with Gasteiger partial charge in [-0.05, 0) is 6.07 Å². The van der Waals surface area contributed by atoms with Crippen LogP contribution in [0.3, 0.4) is 0 Å². The first kappa shape index (κ1) is 15.5. The van der Waals surface area contributed by atoms with Crippen LogP contribution < -0.4 is 16.3 Å². The summed E-state index contributed by atoms with van der Waals surface area (Å²) in [5.74, 6) is -2.76. The highest BCUT2D eigenvalue weighted by Gasteiger charge is 2.38. The highest BCUT2D eigenvalue weighted by atomic mass is 19.4. The van der Waals surface area contributed by atoms with E-state index in [-0.39, 0.29) is 0 Å². The fourth-order valence-corrected chi connectivity index (χ4v) is 1.24. The third-order valence-corrected chi connectivity index (χ3v) is 2.15. The number of rotatable bonds is 0. The van der Waals surface area contributed by atoms with E-state index in [1.54, 1.807) is 6.20 Å². The van der Waals surface area contributed by atoms with Crippen molar-refractivity contribution in [1.82, 2.24) is 4.90 Å². The number of benzene rings is 1. The molecule has 0 aliphatic carbocycles. The Hall–Kier alpha value is -2.58. The molecular formula is C11H10F3N3O3. The smallest absolute Gasteiger partial charge is 0.475 e. The van der Waals surface area contributed by atoms with Gasteiger partial charge in [-0.3, -0.25) is 9.89 Å². The number of fused-ring (bicyclic) bond motifs is 1. The number of carboxylic acids is 1. The zero-order valence-electron chi connectivity index (χ0n) is 9.96. The molecule has 2 rings (SSSR count). The summed E-state index contributed by atoms with van der Waals surface area (Å²) in [7, 11) is 0. The van der Waals surface area contributed by atoms with Crippen LogP contribution in [0.2, 0.25) is 0 Å². The van der Waals surface area contributed by atoms with Crippen molar-refractivity contribution in [3.63, 3.8) is 0 Å². The zero-order valence-corrected chi connectivity index (χ0v) is 9.96. The van der Waals surface area contributed by atoms with Crippen molar-refractivity contribution in [2.45, 2.75) is 6.18 Å². The number of hydrogen-bond acceptors (Lipinski definition) is 3. The van der Waals surface area contributed by atoms with E-state index < -0.39 is 18.2 Å². The number of carbonyl (C=O) groups excluding carboxylic acids is 1. The predicted octanol–water partition coefficient (Wildman–Crippen LogP) is 0.0293. The summed E-state index contributed by atoms with van der Waals surface area (Å²) >= 11 is 0. The minimum atomic E-state index is -5.08. The van der Waals surface area contributed by atoms with Gasteiger partial charge in [0.25, 0.3) is 0 Å². The molecule has 0 bridgehead atoms. The second kappa shape index (κ2) is 6.04. The van der Waals surface area contributed by atoms with E-state index in [9.17, 15) is 18.0 Å². The average molecular weight is 289 g/mol. The van der Waals surface area contributed by atoms with Gasteiger partial charge < -0.3 is 10.8 Å². The van der Waals surface area contributed by atoms with Crippen LogP contribution >= 0.6 is 0 Å². The van der Waals surface area contributed by atoms with E-state index in [0.717, 1.165) is 10.6 Å². The lowest BCUT2D eigenvalue weighted by Gasteiger charge is -2.15. The Bertz CT molecular complexity index is 628. The van der Waals surface area contributed by atoms with Crippen molar-refractivity contribution in [2.75, 3.05) is 6.67 Å². The average Bonchev–Trinajstić information content (AvgIpc) is 2.37. The number of carboxylic acid groups (broad SMARTS) is 1. The molecular weight excluding hydrogens is 279 g/mol. The summed E-state index contributed by atoms with van der Waals surface area (Å²) in [6.45, 7) is 0.312. The van der Waals surface area contributed by atoms with Crippen molar-refractivity contribution in [2.24, 2.45) is 10.7 Å². The number of nitrogens with two attached hydrogens (primary N) is 1. The number of alkyl halides is 3. The molecule has 3 N–H and O–H groups in total. The van der Waals surface area contributed by atoms with Crippen LogP contribution in [-0.4, -0.2) is 34.9 Å². The molecule has 0 spiro atoms. The van der Waals surface area contributed by atoms with E-state index in [2.05, 4.69) is 4.99 Å². The van der Waals surface area contributed by atoms with Crippen molar-refractivity contribution in [1.29, 1.82) is 0 Å². The minimum absolute atomic E-state index is 0.312. The summed E-state index contributed by atoms with van der Waals surface area (Å²) < 4.78 is 31.7. The molecule has 1 aromatic carbocycles. The fraction of sp³-hybridized carbons (Fsp3) is 0.182. The molecule has 0 aromatic heterocycles. The van der Waals surface area contributed by atoms with Crippen molar-refractivity contribution < 1.29 is 27.9 Å². The molecule has 9 heteroatoms. The normalized spacial score (nSPS) is 13.1. The Morgan fingerprint density at radius 3 is 2.35 bits per heavy atom. The maximum Gasteiger partial charge on any atom is 0.490 e. The van der Waals surface area contributed by atoms with Gasteiger partial charge in [-0.15, -0.1) is 0 Å². The lowest BCUT2D eigenvalue weighted by atomic mass is 10.3. The number of urea groups is 1. The lowest BCUT2D eigenvalue weighted by Crippen LogP contribution is -2.40. The van der Waals surface area contributed by atoms with Gasteiger partial charge in [0.1, 0.15) is 6.67 Å². The fourth-order valence-electron chi connectivity index (χ4n) is 1.24. The van der Waals surface area contributed by atoms with Gasteiger partial charge in [-0.1, -0.05) is 18.2 Å². The first-order valence-electron chi connectivity index (χ1n) is 5.19. The van der Waals surface area contributed by atoms with Gasteiger partial charge in [0.05, 0.1) is 5.36 Å². The van der Waals surface area contributed by atoms with Gasteiger partial charge >= 0.3 is 18.2 Å². The number of para-hydroxylation sites is 1. The van der Waals surface area contributed by atoms with Crippen LogP contribution in [0.15, 0.2) is 29.3 Å². The van der Waals surface area contributed by atoms with Crippen LogP contribution in [0.5, 0.6) is 0 Å². The van der Waals surface area contributed by atoms with Gasteiger partial charge in [-0.2, -0.15) is 13.2 Å². The first-order valence-corrected chi connectivity index (χ1v) is 5.19. The summed E-state index contributed by atoms with van der Waals surface area (Å²) in [6, 6.07) is 7.14. The molecule has 0 saturated heterocycles. The molecule has 1 heterocycles. The van der Waals surface area contributed by atoms with E-state index in [1.807, 2.05) is 24.3 Å². The summed E-state index contributed by atoms with van der Waals surface area (Å²) in [5.41, 5.74) is 5.12. The quantitative estimate of drug-likeness (QED) is 0.705. The maximum atomic E-state index is 10.8. The standard InChI is InChI=1S/C9H9N3O.C2HF3O2/c10-9(13)12-5-7-3-1-2-4-8(7)11-6-12;3-2(4,5)1(6)7/h1-5H,6H2,(H2,10,13);(H,6,7). The molecule has 0 radical (unpaired) electrons. The lowest BCUT2D eigenvalue weighted by molar-refractivity contribution is -0.192. The highest BCUT2D eigenvalue weighted by molar-refractivity contribution is 5.76. The molecule has 1 aromatic rings. The number of aliphatic carboxylic acids is 1. The van der Waals surface area contributed by atoms with E-state index in [0.29, 0.717) is 6.67 Å². The summed E-state index contributed by atoms with van der Waals surface area (Å²) in [5, 5.41) is 8.95. The second-order valence-electron chi connectivity index (χ2n) is 3.60. The third-order valence-electron chi connectivity index (χ3n) is 2.15. The Morgan fingerprint density at radius 2 is 1.85 bits per heavy atom. The molecule has 2 amide bonds. The number of hydrogen-bond donors (Lipinski definition) is 2. The van der Waals surface area contributed by atoms with Gasteiger partial charge in [-0.25, -0.2) is 9.59 Å². The molecule has 0 unspecified atom stereocenters. The van der Waals surface area contributed by atoms with Crippen LogP contribution in [0.25, 0.3) is 6.20 Å². The first-order chi connectivity index (χ1) is 9.21. The molecule has 1 aliphatic rings. The number of primary amides is 1. The minimum Gasteiger partial charge on any atom is -0.475 e. The van der Waals surface area contributed by atoms with Gasteiger partial charge in [0, 0.05) is 11.4 Å². The molecule has 6 nitrogen and oxygen atoms in total. The Morgan fingerprint density at radius 1 is 1.30 bits per heavy atom. The number of carbonyl (C=O) groups is 2. The SMILES string of the molecule is NC(=O)N1C=c2ccccc2=NC1.O=C(O)C(F)(F)F. The van der Waals surface area contributed by atoms with E-state index in [4.69, 9.17) is 15.6 Å². The highest BCUT2D eigenvalue weighted by Crippen LogP contribution is 2.13. The van der Waals surface area contributed by atoms with Gasteiger partial charge in [0.2, 0.25) is 0 Å². The molecule has 108 valence electrons. The summed E-state index contributed by atoms with van der Waals surface area (Å²) in [4.78, 5) is 25.3. The number of amides is 2. The van der Waals surface area contributed by atoms with Crippen molar-refractivity contribution in [3.8, 4) is 0 Å². The monoisotopic (exact) mass is 289 g/mol. The van der Waals surface area contributed by atoms with Crippen molar-refractivity contribution >= 4 is 18.2 Å². The third kappa shape index (κ3) is 4.26. The van der Waals surface area contributed by atoms with E-state index in [1.165, 1.54) is 4.90 Å². The Balaban J connectivity index is 0.000000246. The Kier molecular flexibility index (Phi) is 4.68. The largest absolute Gasteiger partial charge is 0.490 e. The summed E-state index contributed by atoms with van der Waals surface area (Å²) in [6.07, 6.45) is -3.37. The molecule has 0 fully saturated rings. The zero-order chi connectivity index (χ0) is 15.3. The Labute approximate surface area is 110 Å².